The number of nitrogens with zero attached hydrogens (tertiary/aromatic N) is 4. The summed E-state index contributed by atoms with van der Waals surface area (Å²) in [6.07, 6.45) is 3.69. The molecule has 6 rings (SSSR count). The van der Waals surface area contributed by atoms with E-state index in [9.17, 15) is 4.79 Å². The Morgan fingerprint density at radius 1 is 0.897 bits per heavy atom. The minimum Gasteiger partial charge on any atom is -0.308 e. The number of hydrogen-bond acceptors (Lipinski definition) is 2. The van der Waals surface area contributed by atoms with Gasteiger partial charge < -0.3 is 14.8 Å². The predicted octanol–water partition coefficient (Wildman–Crippen LogP) is 7.23. The van der Waals surface area contributed by atoms with Crippen LogP contribution < -0.4 is 5.32 Å². The van der Waals surface area contributed by atoms with Gasteiger partial charge in [-0.3, -0.25) is 0 Å². The van der Waals surface area contributed by atoms with E-state index in [0.717, 1.165) is 58.1 Å². The molecule has 0 unspecified atom stereocenters. The lowest BCUT2D eigenvalue weighted by molar-refractivity contribution is 0.194. The number of anilines is 1. The Bertz CT molecular complexity index is 1610. The Balaban J connectivity index is 1.55. The van der Waals surface area contributed by atoms with Crippen LogP contribution in [0.5, 0.6) is 0 Å². The van der Waals surface area contributed by atoms with Crippen molar-refractivity contribution in [2.45, 2.75) is 46.2 Å². The molecule has 0 saturated carbocycles. The van der Waals surface area contributed by atoms with Gasteiger partial charge >= 0.3 is 6.03 Å². The van der Waals surface area contributed by atoms with Gasteiger partial charge in [0.1, 0.15) is 5.82 Å². The molecule has 6 heteroatoms. The number of benzene rings is 3. The van der Waals surface area contributed by atoms with E-state index in [2.05, 4.69) is 91.4 Å². The number of amides is 2. The van der Waals surface area contributed by atoms with Gasteiger partial charge in [-0.05, 0) is 61.2 Å². The minimum atomic E-state index is -0.282. The van der Waals surface area contributed by atoms with Crippen LogP contribution >= 0.6 is 0 Å². The van der Waals surface area contributed by atoms with E-state index in [-0.39, 0.29) is 12.1 Å². The molecule has 0 saturated heterocycles. The number of carbonyl (C=O) groups is 1. The molecular formula is C33H33N5O. The lowest BCUT2D eigenvalue weighted by Crippen LogP contribution is -2.38. The average Bonchev–Trinajstić information content (AvgIpc) is 3.55. The first-order valence-corrected chi connectivity index (χ1v) is 13.6. The Morgan fingerprint density at radius 2 is 1.64 bits per heavy atom. The van der Waals surface area contributed by atoms with Crippen LogP contribution in [0, 0.1) is 6.92 Å². The number of fused-ring (bicyclic) bond motifs is 3. The molecule has 0 aliphatic carbocycles. The van der Waals surface area contributed by atoms with Gasteiger partial charge in [-0.2, -0.15) is 5.10 Å². The normalized spacial score (nSPS) is 14.4. The molecule has 196 valence electrons. The molecule has 0 radical (unpaired) electrons. The number of urea groups is 1. The molecule has 3 aromatic carbocycles. The summed E-state index contributed by atoms with van der Waals surface area (Å²) in [5.74, 6) is 0.986. The highest BCUT2D eigenvalue weighted by molar-refractivity contribution is 5.91. The Hall–Kier alpha value is -4.58. The molecule has 0 bridgehead atoms. The zero-order chi connectivity index (χ0) is 26.9. The fourth-order valence-corrected chi connectivity index (χ4v) is 5.59. The Morgan fingerprint density at radius 3 is 2.38 bits per heavy atom. The molecule has 3 heterocycles. The molecule has 0 spiro atoms. The smallest absolute Gasteiger partial charge is 0.308 e. The van der Waals surface area contributed by atoms with Crippen LogP contribution in [0.1, 0.15) is 53.5 Å². The highest BCUT2D eigenvalue weighted by Gasteiger charge is 2.36. The third-order valence-electron chi connectivity index (χ3n) is 7.60. The van der Waals surface area contributed by atoms with E-state index in [1.807, 2.05) is 46.0 Å². The standard InChI is InChI=1S/C33H33N5O/c1-4-24-12-9-10-15-29(24)34-33(39)37-22-27-28(5-2)35-38(26-13-7-6-8-14-26)32(27)36-21-11-16-30(36)31(37)25-19-17-23(3)18-20-25/h6-21,31H,4-5,22H2,1-3H3,(H,34,39)/t31-/m0/s1. The number of aryl methyl sites for hydroxylation is 3. The molecule has 1 N–H and O–H groups in total. The van der Waals surface area contributed by atoms with Gasteiger partial charge in [0, 0.05) is 17.4 Å². The second kappa shape index (κ2) is 10.3. The molecule has 2 amide bonds. The van der Waals surface area contributed by atoms with Crippen molar-refractivity contribution in [3.63, 3.8) is 0 Å². The lowest BCUT2D eigenvalue weighted by Gasteiger charge is -2.31. The zero-order valence-corrected chi connectivity index (χ0v) is 22.6. The van der Waals surface area contributed by atoms with E-state index in [1.165, 1.54) is 5.56 Å². The van der Waals surface area contributed by atoms with Crippen LogP contribution in [0.15, 0.2) is 97.2 Å². The quantitative estimate of drug-likeness (QED) is 0.268. The molecular weight excluding hydrogens is 482 g/mol. The molecule has 1 aliphatic heterocycles. The number of carbonyl (C=O) groups excluding carboxylic acids is 1. The molecule has 6 nitrogen and oxygen atoms in total. The summed E-state index contributed by atoms with van der Waals surface area (Å²) in [6, 6.07) is 30.5. The second-order valence-electron chi connectivity index (χ2n) is 10.0. The number of para-hydroxylation sites is 2. The van der Waals surface area contributed by atoms with Crippen LogP contribution in [-0.2, 0) is 19.4 Å². The van der Waals surface area contributed by atoms with Crippen molar-refractivity contribution in [3.05, 3.63) is 131 Å². The summed E-state index contributed by atoms with van der Waals surface area (Å²) >= 11 is 0. The first-order valence-electron chi connectivity index (χ1n) is 13.6. The van der Waals surface area contributed by atoms with Gasteiger partial charge in [-0.25, -0.2) is 9.48 Å². The molecule has 0 fully saturated rings. The molecule has 5 aromatic rings. The predicted molar refractivity (Wildman–Crippen MR) is 156 cm³/mol. The van der Waals surface area contributed by atoms with Gasteiger partial charge in [0.15, 0.2) is 0 Å². The highest BCUT2D eigenvalue weighted by Crippen LogP contribution is 2.39. The third-order valence-corrected chi connectivity index (χ3v) is 7.60. The molecule has 1 aliphatic rings. The summed E-state index contributed by atoms with van der Waals surface area (Å²) in [5, 5.41) is 8.30. The van der Waals surface area contributed by atoms with Crippen molar-refractivity contribution in [1.29, 1.82) is 0 Å². The van der Waals surface area contributed by atoms with E-state index < -0.39 is 0 Å². The first-order chi connectivity index (χ1) is 19.1. The van der Waals surface area contributed by atoms with Crippen molar-refractivity contribution < 1.29 is 4.79 Å². The maximum Gasteiger partial charge on any atom is 0.322 e. The molecule has 39 heavy (non-hydrogen) atoms. The fraction of sp³-hybridized carbons (Fsp3) is 0.212. The van der Waals surface area contributed by atoms with Crippen LogP contribution in [0.4, 0.5) is 10.5 Å². The second-order valence-corrected chi connectivity index (χ2v) is 10.0. The number of rotatable bonds is 5. The Kier molecular flexibility index (Phi) is 6.53. The van der Waals surface area contributed by atoms with Crippen molar-refractivity contribution >= 4 is 11.7 Å². The van der Waals surface area contributed by atoms with E-state index in [0.29, 0.717) is 6.54 Å². The van der Waals surface area contributed by atoms with Crippen LogP contribution in [0.2, 0.25) is 0 Å². The maximum absolute atomic E-state index is 14.2. The summed E-state index contributed by atoms with van der Waals surface area (Å²) in [4.78, 5) is 16.2. The molecule has 1 atom stereocenters. The number of nitrogens with one attached hydrogen (secondary N) is 1. The van der Waals surface area contributed by atoms with Crippen molar-refractivity contribution in [2.75, 3.05) is 5.32 Å². The van der Waals surface area contributed by atoms with Crippen LogP contribution in [-0.4, -0.2) is 25.3 Å². The first kappa shape index (κ1) is 24.7. The van der Waals surface area contributed by atoms with E-state index >= 15 is 0 Å². The Labute approximate surface area is 229 Å². The zero-order valence-electron chi connectivity index (χ0n) is 22.6. The monoisotopic (exact) mass is 515 g/mol. The van der Waals surface area contributed by atoms with Gasteiger partial charge in [-0.1, -0.05) is 80.1 Å². The summed E-state index contributed by atoms with van der Waals surface area (Å²) in [6.45, 7) is 6.75. The van der Waals surface area contributed by atoms with Crippen molar-refractivity contribution in [1.82, 2.24) is 19.2 Å². The largest absolute Gasteiger partial charge is 0.322 e. The summed E-state index contributed by atoms with van der Waals surface area (Å²) in [7, 11) is 0. The van der Waals surface area contributed by atoms with Gasteiger partial charge in [0.2, 0.25) is 0 Å². The van der Waals surface area contributed by atoms with E-state index in [4.69, 9.17) is 5.10 Å². The van der Waals surface area contributed by atoms with Crippen molar-refractivity contribution in [2.24, 2.45) is 0 Å². The van der Waals surface area contributed by atoms with Gasteiger partial charge in [0.05, 0.1) is 29.7 Å². The van der Waals surface area contributed by atoms with E-state index in [1.54, 1.807) is 0 Å². The van der Waals surface area contributed by atoms with Crippen LogP contribution in [0.3, 0.4) is 0 Å². The van der Waals surface area contributed by atoms with Gasteiger partial charge in [0.25, 0.3) is 0 Å². The maximum atomic E-state index is 14.2. The SMILES string of the molecule is CCc1ccccc1NC(=O)N1Cc2c(CC)nn(-c3ccccc3)c2-n2cccc2[C@@H]1c1ccc(C)cc1. The lowest BCUT2D eigenvalue weighted by atomic mass is 10.0. The highest BCUT2D eigenvalue weighted by atomic mass is 16.2. The third kappa shape index (κ3) is 4.42. The molecule has 2 aromatic heterocycles. The topological polar surface area (TPSA) is 55.1 Å². The van der Waals surface area contributed by atoms with Crippen LogP contribution in [0.25, 0.3) is 11.5 Å². The number of aromatic nitrogens is 3. The summed E-state index contributed by atoms with van der Waals surface area (Å²) in [5.41, 5.74) is 8.29. The van der Waals surface area contributed by atoms with Gasteiger partial charge in [-0.15, -0.1) is 0 Å². The number of hydrogen-bond donors (Lipinski definition) is 1. The van der Waals surface area contributed by atoms with Crippen molar-refractivity contribution in [3.8, 4) is 11.5 Å². The average molecular weight is 516 g/mol. The fourth-order valence-electron chi connectivity index (χ4n) is 5.59. The minimum absolute atomic E-state index is 0.128. The summed E-state index contributed by atoms with van der Waals surface area (Å²) < 4.78 is 4.24.